The smallest absolute Gasteiger partial charge is 0.278 e. The molecule has 2 N–H and O–H groups in total. The number of hydrogen-bond acceptors (Lipinski definition) is 2. The Morgan fingerprint density at radius 3 is 2.04 bits per heavy atom. The highest BCUT2D eigenvalue weighted by Crippen LogP contribution is 2.21. The molecule has 0 saturated heterocycles. The van der Waals surface area contributed by atoms with Crippen LogP contribution in [0.4, 0.5) is 0 Å². The van der Waals surface area contributed by atoms with Crippen LogP contribution in [0, 0.1) is 0 Å². The van der Waals surface area contributed by atoms with E-state index < -0.39 is 0 Å². The van der Waals surface area contributed by atoms with Crippen molar-refractivity contribution in [3.8, 4) is 0 Å². The van der Waals surface area contributed by atoms with Gasteiger partial charge >= 0.3 is 0 Å². The Labute approximate surface area is 159 Å². The molecule has 134 valence electrons. The van der Waals surface area contributed by atoms with E-state index in [4.69, 9.17) is 0 Å². The lowest BCUT2D eigenvalue weighted by Crippen LogP contribution is -3.12. The number of thiophene rings is 1. The number of carbonyl (C=O) groups excluding carboxylic acids is 1. The van der Waals surface area contributed by atoms with Crippen molar-refractivity contribution < 1.29 is 9.69 Å². The number of likely N-dealkylation sites (N-methyl/N-ethyl adjacent to an activating group) is 1. The van der Waals surface area contributed by atoms with Crippen molar-refractivity contribution in [3.63, 3.8) is 0 Å². The van der Waals surface area contributed by atoms with Crippen molar-refractivity contribution in [2.24, 2.45) is 0 Å². The molecule has 0 aliphatic rings. The van der Waals surface area contributed by atoms with Crippen LogP contribution in [-0.2, 0) is 11.3 Å². The quantitative estimate of drug-likeness (QED) is 0.663. The summed E-state index contributed by atoms with van der Waals surface area (Å²) >= 11 is 1.74. The molecule has 0 fully saturated rings. The summed E-state index contributed by atoms with van der Waals surface area (Å²) in [7, 11) is 2.07. The Hall–Kier alpha value is -2.43. The van der Waals surface area contributed by atoms with E-state index in [0.29, 0.717) is 0 Å². The van der Waals surface area contributed by atoms with E-state index in [1.54, 1.807) is 11.3 Å². The Balaban J connectivity index is 1.74. The van der Waals surface area contributed by atoms with Gasteiger partial charge in [-0.1, -0.05) is 66.7 Å². The van der Waals surface area contributed by atoms with Gasteiger partial charge in [-0.05, 0) is 29.5 Å². The second-order valence-corrected chi connectivity index (χ2v) is 7.62. The number of rotatable bonds is 7. The third-order valence-electron chi connectivity index (χ3n) is 4.72. The molecule has 4 heteroatoms. The van der Waals surface area contributed by atoms with Crippen LogP contribution < -0.4 is 10.2 Å². The Kier molecular flexibility index (Phi) is 6.21. The standard InChI is InChI=1S/C22H24N2OS/c1-17(24(2)16-20-14-9-15-26-20)22(25)23-21(18-10-5-3-6-11-18)19-12-7-4-8-13-19/h3-15,17,21H,16H2,1-2H3,(H,23,25)/p+1/t17-/m0/s1. The summed E-state index contributed by atoms with van der Waals surface area (Å²) in [5.74, 6) is 0.0664. The van der Waals surface area contributed by atoms with Crippen molar-refractivity contribution in [2.45, 2.75) is 25.6 Å². The van der Waals surface area contributed by atoms with Gasteiger partial charge in [0.15, 0.2) is 6.04 Å². The molecule has 1 unspecified atom stereocenters. The molecule has 0 aliphatic carbocycles. The van der Waals surface area contributed by atoms with E-state index in [2.05, 4.69) is 54.1 Å². The number of quaternary nitrogens is 1. The first-order valence-electron chi connectivity index (χ1n) is 8.90. The van der Waals surface area contributed by atoms with Gasteiger partial charge in [0.25, 0.3) is 5.91 Å². The summed E-state index contributed by atoms with van der Waals surface area (Å²) in [6.45, 7) is 2.85. The number of nitrogens with one attached hydrogen (secondary N) is 2. The molecule has 0 radical (unpaired) electrons. The normalized spacial score (nSPS) is 13.3. The SMILES string of the molecule is C[C@@H](C(=O)NC(c1ccccc1)c1ccccc1)[NH+](C)Cc1cccs1. The minimum Gasteiger partial charge on any atom is -0.340 e. The third-order valence-corrected chi connectivity index (χ3v) is 5.59. The molecule has 0 bridgehead atoms. The number of amides is 1. The summed E-state index contributed by atoms with van der Waals surface area (Å²) in [5.41, 5.74) is 2.19. The monoisotopic (exact) mass is 365 g/mol. The summed E-state index contributed by atoms with van der Waals surface area (Å²) < 4.78 is 0. The number of hydrogen-bond donors (Lipinski definition) is 2. The van der Waals surface area contributed by atoms with Crippen molar-refractivity contribution in [3.05, 3.63) is 94.2 Å². The molecule has 0 aliphatic heterocycles. The molecular formula is C22H25N2OS+. The zero-order valence-electron chi connectivity index (χ0n) is 15.2. The van der Waals surface area contributed by atoms with E-state index in [9.17, 15) is 4.79 Å². The Morgan fingerprint density at radius 2 is 1.54 bits per heavy atom. The molecule has 26 heavy (non-hydrogen) atoms. The van der Waals surface area contributed by atoms with Gasteiger partial charge in [-0.2, -0.15) is 0 Å². The fraction of sp³-hybridized carbons (Fsp3) is 0.227. The predicted molar refractivity (Wildman–Crippen MR) is 107 cm³/mol. The fourth-order valence-electron chi connectivity index (χ4n) is 2.98. The second-order valence-electron chi connectivity index (χ2n) is 6.59. The van der Waals surface area contributed by atoms with Crippen LogP contribution in [0.15, 0.2) is 78.2 Å². The van der Waals surface area contributed by atoms with E-state index in [1.807, 2.05) is 43.3 Å². The Bertz CT molecular complexity index is 763. The molecule has 1 amide bonds. The molecular weight excluding hydrogens is 340 g/mol. The summed E-state index contributed by atoms with van der Waals surface area (Å²) in [4.78, 5) is 15.4. The van der Waals surface area contributed by atoms with Crippen LogP contribution in [0.2, 0.25) is 0 Å². The van der Waals surface area contributed by atoms with Crippen LogP contribution in [0.25, 0.3) is 0 Å². The largest absolute Gasteiger partial charge is 0.340 e. The van der Waals surface area contributed by atoms with Crippen LogP contribution in [0.5, 0.6) is 0 Å². The molecule has 3 rings (SSSR count). The maximum atomic E-state index is 12.9. The second kappa shape index (κ2) is 8.79. The first-order chi connectivity index (χ1) is 12.6. The fourth-order valence-corrected chi connectivity index (χ4v) is 3.78. The van der Waals surface area contributed by atoms with Crippen molar-refractivity contribution in [2.75, 3.05) is 7.05 Å². The zero-order valence-corrected chi connectivity index (χ0v) is 16.0. The van der Waals surface area contributed by atoms with E-state index in [0.717, 1.165) is 17.7 Å². The van der Waals surface area contributed by atoms with E-state index in [-0.39, 0.29) is 18.0 Å². The van der Waals surface area contributed by atoms with Gasteiger partial charge in [0, 0.05) is 0 Å². The van der Waals surface area contributed by atoms with Crippen LogP contribution in [0.3, 0.4) is 0 Å². The maximum absolute atomic E-state index is 12.9. The van der Waals surface area contributed by atoms with Crippen molar-refractivity contribution in [1.29, 1.82) is 0 Å². The maximum Gasteiger partial charge on any atom is 0.278 e. The predicted octanol–water partition coefficient (Wildman–Crippen LogP) is 3.06. The average molecular weight is 366 g/mol. The summed E-state index contributed by atoms with van der Waals surface area (Å²) in [5, 5.41) is 5.33. The molecule has 0 saturated carbocycles. The molecule has 1 aromatic heterocycles. The van der Waals surface area contributed by atoms with Crippen molar-refractivity contribution in [1.82, 2.24) is 5.32 Å². The number of benzene rings is 2. The molecule has 2 atom stereocenters. The molecule has 3 nitrogen and oxygen atoms in total. The first kappa shape index (κ1) is 18.4. The average Bonchev–Trinajstić information content (AvgIpc) is 3.19. The van der Waals surface area contributed by atoms with Gasteiger partial charge in [0.2, 0.25) is 0 Å². The van der Waals surface area contributed by atoms with E-state index in [1.165, 1.54) is 9.78 Å². The van der Waals surface area contributed by atoms with Gasteiger partial charge in [0.05, 0.1) is 18.0 Å². The van der Waals surface area contributed by atoms with Gasteiger partial charge in [0.1, 0.15) is 6.54 Å². The van der Waals surface area contributed by atoms with Gasteiger partial charge in [-0.25, -0.2) is 0 Å². The summed E-state index contributed by atoms with van der Waals surface area (Å²) in [6, 6.07) is 24.2. The summed E-state index contributed by atoms with van der Waals surface area (Å²) in [6.07, 6.45) is 0. The number of carbonyl (C=O) groups is 1. The Morgan fingerprint density at radius 1 is 0.962 bits per heavy atom. The zero-order chi connectivity index (χ0) is 18.4. The van der Waals surface area contributed by atoms with Gasteiger partial charge in [-0.15, -0.1) is 11.3 Å². The molecule has 0 spiro atoms. The highest BCUT2D eigenvalue weighted by Gasteiger charge is 2.26. The lowest BCUT2D eigenvalue weighted by atomic mass is 9.98. The lowest BCUT2D eigenvalue weighted by Gasteiger charge is -2.25. The molecule has 1 heterocycles. The molecule has 2 aromatic carbocycles. The van der Waals surface area contributed by atoms with Gasteiger partial charge < -0.3 is 10.2 Å². The van der Waals surface area contributed by atoms with Crippen molar-refractivity contribution >= 4 is 17.2 Å². The highest BCUT2D eigenvalue weighted by molar-refractivity contribution is 7.09. The van der Waals surface area contributed by atoms with Gasteiger partial charge in [-0.3, -0.25) is 4.79 Å². The lowest BCUT2D eigenvalue weighted by molar-refractivity contribution is -0.907. The van der Waals surface area contributed by atoms with Crippen LogP contribution >= 0.6 is 11.3 Å². The first-order valence-corrected chi connectivity index (χ1v) is 9.78. The third kappa shape index (κ3) is 4.59. The minimum atomic E-state index is -0.137. The van der Waals surface area contributed by atoms with Crippen LogP contribution in [-0.4, -0.2) is 19.0 Å². The highest BCUT2D eigenvalue weighted by atomic mass is 32.1. The minimum absolute atomic E-state index is 0.0664. The molecule has 3 aromatic rings. The van der Waals surface area contributed by atoms with E-state index >= 15 is 0 Å². The van der Waals surface area contributed by atoms with Crippen LogP contribution in [0.1, 0.15) is 29.0 Å². The topological polar surface area (TPSA) is 33.5 Å².